The number of hydrogen-bond donors (Lipinski definition) is 0. The van der Waals surface area contributed by atoms with Gasteiger partial charge < -0.3 is 19.3 Å². The van der Waals surface area contributed by atoms with Crippen LogP contribution in [-0.2, 0) is 16.0 Å². The Bertz CT molecular complexity index is 576. The van der Waals surface area contributed by atoms with E-state index in [0.717, 1.165) is 37.2 Å². The van der Waals surface area contributed by atoms with Gasteiger partial charge in [-0.2, -0.15) is 0 Å². The van der Waals surface area contributed by atoms with Crippen LogP contribution in [0.4, 0.5) is 5.69 Å². The number of carbonyl (C=O) groups is 1. The summed E-state index contributed by atoms with van der Waals surface area (Å²) in [4.78, 5) is 17.0. The molecule has 0 unspecified atom stereocenters. The molecular weight excluding hydrogens is 304 g/mol. The van der Waals surface area contributed by atoms with Gasteiger partial charge in [0.15, 0.2) is 0 Å². The van der Waals surface area contributed by atoms with Crippen LogP contribution in [0.5, 0.6) is 5.75 Å². The van der Waals surface area contributed by atoms with Crippen LogP contribution in [0, 0.1) is 0 Å². The van der Waals surface area contributed by atoms with Gasteiger partial charge in [0, 0.05) is 31.4 Å². The van der Waals surface area contributed by atoms with Gasteiger partial charge in [0.25, 0.3) is 0 Å². The average Bonchev–Trinajstić information content (AvgIpc) is 2.83. The number of ether oxygens (including phenoxy) is 2. The highest BCUT2D eigenvalue weighted by Crippen LogP contribution is 2.30. The number of rotatable bonds is 4. The quantitative estimate of drug-likeness (QED) is 0.849. The fourth-order valence-electron chi connectivity index (χ4n) is 3.54. The number of benzene rings is 1. The van der Waals surface area contributed by atoms with Crippen LogP contribution in [0.3, 0.4) is 0 Å². The minimum Gasteiger partial charge on any atom is -0.497 e. The van der Waals surface area contributed by atoms with Crippen molar-refractivity contribution in [2.45, 2.75) is 38.7 Å². The first-order valence-electron chi connectivity index (χ1n) is 9.02. The van der Waals surface area contributed by atoms with E-state index in [0.29, 0.717) is 26.2 Å². The summed E-state index contributed by atoms with van der Waals surface area (Å²) in [6.07, 6.45) is 4.48. The zero-order valence-corrected chi connectivity index (χ0v) is 14.8. The normalized spacial score (nSPS) is 21.2. The second kappa shape index (κ2) is 7.88. The van der Waals surface area contributed by atoms with Crippen molar-refractivity contribution >= 4 is 11.6 Å². The summed E-state index contributed by atoms with van der Waals surface area (Å²) in [7, 11) is 1.69. The number of hydrogen-bond acceptors (Lipinski definition) is 4. The van der Waals surface area contributed by atoms with Gasteiger partial charge >= 0.3 is 0 Å². The van der Waals surface area contributed by atoms with E-state index in [-0.39, 0.29) is 12.0 Å². The monoisotopic (exact) mass is 332 g/mol. The lowest BCUT2D eigenvalue weighted by Crippen LogP contribution is -2.49. The maximum Gasteiger partial charge on any atom is 0.242 e. The molecular formula is C19H28N2O3. The third-order valence-corrected chi connectivity index (χ3v) is 5.03. The predicted octanol–water partition coefficient (Wildman–Crippen LogP) is 2.48. The first-order chi connectivity index (χ1) is 11.7. The minimum atomic E-state index is 0.180. The number of methoxy groups -OCH3 is 1. The van der Waals surface area contributed by atoms with Gasteiger partial charge in [0.05, 0.1) is 26.4 Å². The molecule has 0 aromatic heterocycles. The van der Waals surface area contributed by atoms with Crippen LogP contribution in [0.15, 0.2) is 18.2 Å². The maximum absolute atomic E-state index is 12.8. The molecule has 3 rings (SSSR count). The van der Waals surface area contributed by atoms with Crippen molar-refractivity contribution < 1.29 is 14.3 Å². The highest BCUT2D eigenvalue weighted by Gasteiger charge is 2.26. The van der Waals surface area contributed by atoms with E-state index in [1.54, 1.807) is 7.11 Å². The van der Waals surface area contributed by atoms with E-state index in [4.69, 9.17) is 9.47 Å². The van der Waals surface area contributed by atoms with E-state index in [1.807, 2.05) is 11.0 Å². The van der Waals surface area contributed by atoms with E-state index in [2.05, 4.69) is 24.0 Å². The Morgan fingerprint density at radius 1 is 1.33 bits per heavy atom. The average molecular weight is 332 g/mol. The molecule has 1 aromatic rings. The lowest BCUT2D eigenvalue weighted by molar-refractivity contribution is -0.137. The number of nitrogens with zero attached hydrogens (tertiary/aromatic N) is 2. The smallest absolute Gasteiger partial charge is 0.242 e. The van der Waals surface area contributed by atoms with Crippen molar-refractivity contribution in [1.82, 2.24) is 4.90 Å². The molecule has 1 fully saturated rings. The van der Waals surface area contributed by atoms with Crippen molar-refractivity contribution in [2.24, 2.45) is 0 Å². The van der Waals surface area contributed by atoms with Crippen LogP contribution in [-0.4, -0.2) is 56.8 Å². The van der Waals surface area contributed by atoms with Gasteiger partial charge in [0.1, 0.15) is 5.75 Å². The first-order valence-corrected chi connectivity index (χ1v) is 9.02. The third-order valence-electron chi connectivity index (χ3n) is 5.03. The van der Waals surface area contributed by atoms with Crippen LogP contribution in [0.25, 0.3) is 0 Å². The highest BCUT2D eigenvalue weighted by atomic mass is 16.5. The number of amides is 1. The fraction of sp³-hybridized carbons (Fsp3) is 0.632. The summed E-state index contributed by atoms with van der Waals surface area (Å²) in [6.45, 7) is 5.54. The molecule has 1 aromatic carbocycles. The molecule has 24 heavy (non-hydrogen) atoms. The van der Waals surface area contributed by atoms with E-state index < -0.39 is 0 Å². The Balaban J connectivity index is 1.73. The molecule has 2 aliphatic rings. The largest absolute Gasteiger partial charge is 0.497 e. The second-order valence-electron chi connectivity index (χ2n) is 6.61. The molecule has 1 saturated heterocycles. The molecule has 0 radical (unpaired) electrons. The minimum absolute atomic E-state index is 0.180. The van der Waals surface area contributed by atoms with Crippen LogP contribution in [0.2, 0.25) is 0 Å². The fourth-order valence-corrected chi connectivity index (χ4v) is 3.54. The van der Waals surface area contributed by atoms with Gasteiger partial charge in [-0.1, -0.05) is 13.0 Å². The van der Waals surface area contributed by atoms with Crippen LogP contribution < -0.4 is 9.64 Å². The van der Waals surface area contributed by atoms with Crippen molar-refractivity contribution in [1.29, 1.82) is 0 Å². The summed E-state index contributed by atoms with van der Waals surface area (Å²) in [5, 5.41) is 0. The Labute approximate surface area is 144 Å². The summed E-state index contributed by atoms with van der Waals surface area (Å²) >= 11 is 0. The zero-order valence-electron chi connectivity index (χ0n) is 14.8. The molecule has 1 atom stereocenters. The molecule has 0 N–H and O–H groups in total. The summed E-state index contributed by atoms with van der Waals surface area (Å²) in [5.74, 6) is 1.05. The van der Waals surface area contributed by atoms with Crippen molar-refractivity contribution in [3.8, 4) is 5.75 Å². The zero-order chi connectivity index (χ0) is 16.9. The second-order valence-corrected chi connectivity index (χ2v) is 6.61. The number of anilines is 1. The number of morpholine rings is 1. The van der Waals surface area contributed by atoms with Crippen LogP contribution >= 0.6 is 0 Å². The van der Waals surface area contributed by atoms with Gasteiger partial charge in [-0.25, -0.2) is 0 Å². The summed E-state index contributed by atoms with van der Waals surface area (Å²) in [5.41, 5.74) is 2.47. The van der Waals surface area contributed by atoms with Gasteiger partial charge in [-0.3, -0.25) is 4.79 Å². The molecule has 0 saturated carbocycles. The van der Waals surface area contributed by atoms with Crippen molar-refractivity contribution in [3.05, 3.63) is 23.8 Å². The molecule has 5 nitrogen and oxygen atoms in total. The van der Waals surface area contributed by atoms with E-state index in [1.165, 1.54) is 12.0 Å². The van der Waals surface area contributed by atoms with Crippen LogP contribution in [0.1, 0.15) is 31.7 Å². The third kappa shape index (κ3) is 3.83. The standard InChI is InChI=1S/C19H28N2O3/c1-3-16-13-21(10-11-24-16)19(22)14-20-9-5-4-6-15-7-8-17(23-2)12-18(15)20/h7-8,12,16H,3-6,9-11,13-14H2,1-2H3/t16-/m0/s1. The molecule has 132 valence electrons. The van der Waals surface area contributed by atoms with Crippen molar-refractivity contribution in [2.75, 3.05) is 44.8 Å². The summed E-state index contributed by atoms with van der Waals surface area (Å²) in [6, 6.07) is 6.22. The Kier molecular flexibility index (Phi) is 5.61. The van der Waals surface area contributed by atoms with E-state index >= 15 is 0 Å². The Hall–Kier alpha value is -1.75. The van der Waals surface area contributed by atoms with Gasteiger partial charge in [-0.05, 0) is 37.3 Å². The Morgan fingerprint density at radius 3 is 3.00 bits per heavy atom. The number of aryl methyl sites for hydroxylation is 1. The molecule has 2 heterocycles. The molecule has 0 aliphatic carbocycles. The lowest BCUT2D eigenvalue weighted by atomic mass is 10.1. The first kappa shape index (κ1) is 17.1. The molecule has 5 heteroatoms. The van der Waals surface area contributed by atoms with E-state index in [9.17, 15) is 4.79 Å². The number of carbonyl (C=O) groups excluding carboxylic acids is 1. The number of fused-ring (bicyclic) bond motifs is 1. The van der Waals surface area contributed by atoms with Gasteiger partial charge in [0.2, 0.25) is 5.91 Å². The topological polar surface area (TPSA) is 42.0 Å². The predicted molar refractivity (Wildman–Crippen MR) is 94.8 cm³/mol. The molecule has 1 amide bonds. The maximum atomic E-state index is 12.8. The highest BCUT2D eigenvalue weighted by molar-refractivity contribution is 5.82. The molecule has 0 spiro atoms. The Morgan fingerprint density at radius 2 is 2.21 bits per heavy atom. The lowest BCUT2D eigenvalue weighted by Gasteiger charge is -2.34. The SMILES string of the molecule is CC[C@H]1CN(C(=O)CN2CCCCc3ccc(OC)cc32)CCO1. The van der Waals surface area contributed by atoms with Gasteiger partial charge in [-0.15, -0.1) is 0 Å². The van der Waals surface area contributed by atoms with Crippen molar-refractivity contribution in [3.63, 3.8) is 0 Å². The molecule has 0 bridgehead atoms. The molecule has 2 aliphatic heterocycles. The summed E-state index contributed by atoms with van der Waals surface area (Å²) < 4.78 is 11.1.